The van der Waals surface area contributed by atoms with Crippen LogP contribution in [0, 0.1) is 0 Å². The highest BCUT2D eigenvalue weighted by Crippen LogP contribution is 2.19. The number of rotatable bonds is 12. The molecular weight excluding hydrogens is 526 g/mol. The van der Waals surface area contributed by atoms with Gasteiger partial charge in [0.05, 0.1) is 19.4 Å². The maximum atomic E-state index is 12.6. The summed E-state index contributed by atoms with van der Waals surface area (Å²) >= 11 is 0. The van der Waals surface area contributed by atoms with Gasteiger partial charge in [0.25, 0.3) is 5.91 Å². The van der Waals surface area contributed by atoms with Crippen LogP contribution in [0.5, 0.6) is 0 Å². The molecule has 0 aliphatic carbocycles. The molecule has 11 heteroatoms. The second kappa shape index (κ2) is 13.1. The number of nitrogens with one attached hydrogen (secondary N) is 3. The van der Waals surface area contributed by atoms with Crippen LogP contribution in [-0.4, -0.2) is 65.2 Å². The topological polar surface area (TPSA) is 152 Å². The lowest BCUT2D eigenvalue weighted by molar-refractivity contribution is -0.138. The zero-order valence-corrected chi connectivity index (χ0v) is 22.3. The number of likely N-dealkylation sites (N-methyl/N-ethyl adjacent to an activating group) is 1. The number of aromatic amines is 1. The standard InChI is InChI=1S/C30H29N5O6/c1-34(28(38)18-35(19-36)15-14-29(39)40)24-12-10-22(11-13-24)31-27(37)16-20-6-8-23(9-7-20)32-30(41)26-17-21-4-2-3-5-25(21)33-26/h2-13,17,19,33H,14-16,18H2,1H3,(H,31,37)(H,32,41)(H,39,40). The SMILES string of the molecule is CN(C(=O)CN(C=O)CCC(=O)O)c1ccc(NC(=O)Cc2ccc(NC(=O)c3cc4ccccc4[nH]3)cc2)cc1. The molecule has 4 amide bonds. The highest BCUT2D eigenvalue weighted by Gasteiger charge is 2.16. The molecule has 41 heavy (non-hydrogen) atoms. The van der Waals surface area contributed by atoms with Crippen LogP contribution in [0.1, 0.15) is 22.5 Å². The Kier molecular flexibility index (Phi) is 9.10. The fourth-order valence-electron chi connectivity index (χ4n) is 4.09. The van der Waals surface area contributed by atoms with Crippen LogP contribution in [0.2, 0.25) is 0 Å². The van der Waals surface area contributed by atoms with E-state index in [1.54, 1.807) is 61.6 Å². The molecule has 4 rings (SSSR count). The predicted octanol–water partition coefficient (Wildman–Crippen LogP) is 3.50. The van der Waals surface area contributed by atoms with Gasteiger partial charge in [-0.1, -0.05) is 30.3 Å². The van der Waals surface area contributed by atoms with E-state index in [0.717, 1.165) is 21.4 Å². The molecule has 1 aromatic heterocycles. The van der Waals surface area contributed by atoms with Crippen molar-refractivity contribution in [3.8, 4) is 0 Å². The van der Waals surface area contributed by atoms with Crippen molar-refractivity contribution in [2.75, 3.05) is 35.7 Å². The van der Waals surface area contributed by atoms with Crippen molar-refractivity contribution in [1.29, 1.82) is 0 Å². The molecular formula is C30H29N5O6. The van der Waals surface area contributed by atoms with Crippen molar-refractivity contribution < 1.29 is 29.1 Å². The van der Waals surface area contributed by atoms with Gasteiger partial charge in [0.15, 0.2) is 0 Å². The van der Waals surface area contributed by atoms with Gasteiger partial charge >= 0.3 is 5.97 Å². The zero-order valence-electron chi connectivity index (χ0n) is 22.3. The van der Waals surface area contributed by atoms with Gasteiger partial charge in [-0.2, -0.15) is 0 Å². The Hall–Kier alpha value is -5.45. The summed E-state index contributed by atoms with van der Waals surface area (Å²) in [5.74, 6) is -1.95. The van der Waals surface area contributed by atoms with Crippen molar-refractivity contribution in [2.45, 2.75) is 12.8 Å². The molecule has 0 spiro atoms. The molecule has 0 atom stereocenters. The second-order valence-corrected chi connectivity index (χ2v) is 9.37. The van der Waals surface area contributed by atoms with Crippen LogP contribution < -0.4 is 15.5 Å². The number of fused-ring (bicyclic) bond motifs is 1. The summed E-state index contributed by atoms with van der Waals surface area (Å²) in [5, 5.41) is 15.4. The van der Waals surface area contributed by atoms with E-state index >= 15 is 0 Å². The third-order valence-electron chi connectivity index (χ3n) is 6.36. The van der Waals surface area contributed by atoms with Crippen LogP contribution in [0.25, 0.3) is 10.9 Å². The van der Waals surface area contributed by atoms with E-state index in [9.17, 15) is 24.0 Å². The monoisotopic (exact) mass is 555 g/mol. The fraction of sp³-hybridized carbons (Fsp3) is 0.167. The quantitative estimate of drug-likeness (QED) is 0.196. The van der Waals surface area contributed by atoms with E-state index in [0.29, 0.717) is 29.2 Å². The number of hydrogen-bond acceptors (Lipinski definition) is 5. The number of carbonyl (C=O) groups excluding carboxylic acids is 4. The lowest BCUT2D eigenvalue weighted by Gasteiger charge is -2.22. The Morgan fingerprint density at radius 3 is 2.22 bits per heavy atom. The van der Waals surface area contributed by atoms with Crippen LogP contribution in [0.15, 0.2) is 78.9 Å². The average molecular weight is 556 g/mol. The smallest absolute Gasteiger partial charge is 0.305 e. The number of para-hydroxylation sites is 1. The number of amides is 4. The van der Waals surface area contributed by atoms with Gasteiger partial charge in [0, 0.05) is 41.6 Å². The molecule has 210 valence electrons. The van der Waals surface area contributed by atoms with Gasteiger partial charge in [-0.25, -0.2) is 0 Å². The summed E-state index contributed by atoms with van der Waals surface area (Å²) in [5.41, 5.74) is 3.78. The van der Waals surface area contributed by atoms with Gasteiger partial charge in [-0.15, -0.1) is 0 Å². The van der Waals surface area contributed by atoms with Gasteiger partial charge in [-0.3, -0.25) is 24.0 Å². The molecule has 4 aromatic rings. The van der Waals surface area contributed by atoms with E-state index in [1.165, 1.54) is 4.90 Å². The first-order chi connectivity index (χ1) is 19.7. The molecule has 0 radical (unpaired) electrons. The normalized spacial score (nSPS) is 10.6. The van der Waals surface area contributed by atoms with E-state index in [4.69, 9.17) is 5.11 Å². The van der Waals surface area contributed by atoms with Gasteiger partial charge in [0.1, 0.15) is 5.69 Å². The molecule has 0 saturated heterocycles. The maximum Gasteiger partial charge on any atom is 0.305 e. The number of hydrogen-bond donors (Lipinski definition) is 4. The Morgan fingerprint density at radius 1 is 0.902 bits per heavy atom. The number of anilines is 3. The van der Waals surface area contributed by atoms with E-state index < -0.39 is 5.97 Å². The van der Waals surface area contributed by atoms with Crippen molar-refractivity contribution in [3.63, 3.8) is 0 Å². The number of H-pyrrole nitrogens is 1. The van der Waals surface area contributed by atoms with Crippen LogP contribution in [0.3, 0.4) is 0 Å². The molecule has 0 bridgehead atoms. The largest absolute Gasteiger partial charge is 0.481 e. The lowest BCUT2D eigenvalue weighted by atomic mass is 10.1. The molecule has 4 N–H and O–H groups in total. The summed E-state index contributed by atoms with van der Waals surface area (Å²) in [6, 6.07) is 23.0. The Bertz CT molecular complexity index is 1530. The minimum atomic E-state index is -1.06. The third-order valence-corrected chi connectivity index (χ3v) is 6.36. The number of aromatic nitrogens is 1. The number of aliphatic carboxylic acids is 1. The average Bonchev–Trinajstić information content (AvgIpc) is 3.41. The minimum Gasteiger partial charge on any atom is -0.481 e. The first kappa shape index (κ1) is 28.6. The second-order valence-electron chi connectivity index (χ2n) is 9.37. The fourth-order valence-corrected chi connectivity index (χ4v) is 4.09. The van der Waals surface area contributed by atoms with Crippen molar-refractivity contribution in [3.05, 3.63) is 90.1 Å². The van der Waals surface area contributed by atoms with Crippen molar-refractivity contribution >= 4 is 58.1 Å². The van der Waals surface area contributed by atoms with Gasteiger partial charge < -0.3 is 30.5 Å². The molecule has 0 saturated carbocycles. The van der Waals surface area contributed by atoms with Crippen molar-refractivity contribution in [2.24, 2.45) is 0 Å². The molecule has 0 aliphatic heterocycles. The maximum absolute atomic E-state index is 12.6. The summed E-state index contributed by atoms with van der Waals surface area (Å²) in [7, 11) is 1.54. The Balaban J connectivity index is 1.26. The first-order valence-electron chi connectivity index (χ1n) is 12.8. The minimum absolute atomic E-state index is 0.0637. The Morgan fingerprint density at radius 2 is 1.56 bits per heavy atom. The summed E-state index contributed by atoms with van der Waals surface area (Å²) in [6.45, 7) is -0.316. The summed E-state index contributed by atoms with van der Waals surface area (Å²) in [6.07, 6.45) is 0.312. The first-order valence-corrected chi connectivity index (χ1v) is 12.8. The molecule has 11 nitrogen and oxygen atoms in total. The zero-order chi connectivity index (χ0) is 29.4. The van der Waals surface area contributed by atoms with Gasteiger partial charge in [-0.05, 0) is 54.1 Å². The lowest BCUT2D eigenvalue weighted by Crippen LogP contribution is -2.38. The highest BCUT2D eigenvalue weighted by atomic mass is 16.4. The van der Waals surface area contributed by atoms with Gasteiger partial charge in [0.2, 0.25) is 18.2 Å². The highest BCUT2D eigenvalue weighted by molar-refractivity contribution is 6.06. The summed E-state index contributed by atoms with van der Waals surface area (Å²) in [4.78, 5) is 65.1. The third kappa shape index (κ3) is 7.79. The molecule has 0 aliphatic rings. The molecule has 0 fully saturated rings. The number of carboxylic acids is 1. The molecule has 0 unspecified atom stereocenters. The van der Waals surface area contributed by atoms with E-state index in [2.05, 4.69) is 15.6 Å². The van der Waals surface area contributed by atoms with E-state index in [1.807, 2.05) is 24.3 Å². The number of benzene rings is 3. The Labute approximate surface area is 235 Å². The van der Waals surface area contributed by atoms with Crippen LogP contribution in [-0.2, 0) is 25.6 Å². The predicted molar refractivity (Wildman–Crippen MR) is 155 cm³/mol. The van der Waals surface area contributed by atoms with Crippen molar-refractivity contribution in [1.82, 2.24) is 9.88 Å². The van der Waals surface area contributed by atoms with Crippen LogP contribution in [0.4, 0.5) is 17.1 Å². The number of carboxylic acid groups (broad SMARTS) is 1. The van der Waals surface area contributed by atoms with E-state index in [-0.39, 0.29) is 43.7 Å². The number of nitrogens with zero attached hydrogens (tertiary/aromatic N) is 2. The summed E-state index contributed by atoms with van der Waals surface area (Å²) < 4.78 is 0. The molecule has 3 aromatic carbocycles. The van der Waals surface area contributed by atoms with Crippen LogP contribution >= 0.6 is 0 Å². The number of carbonyl (C=O) groups is 5. The molecule has 1 heterocycles.